The summed E-state index contributed by atoms with van der Waals surface area (Å²) in [5.41, 5.74) is 7.24. The Hall–Kier alpha value is -0.680. The summed E-state index contributed by atoms with van der Waals surface area (Å²) in [6, 6.07) is 13.8. The van der Waals surface area contributed by atoms with Crippen molar-refractivity contribution in [1.82, 2.24) is 0 Å². The molecule has 0 saturated heterocycles. The van der Waals surface area contributed by atoms with Gasteiger partial charge in [0.25, 0.3) is 0 Å². The molecule has 2 rings (SSSR count). The molecule has 5 heteroatoms. The Morgan fingerprint density at radius 1 is 1.25 bits per heavy atom. The third kappa shape index (κ3) is 4.16. The Morgan fingerprint density at radius 2 is 1.95 bits per heavy atom. The van der Waals surface area contributed by atoms with Gasteiger partial charge in [0.15, 0.2) is 0 Å². The molecule has 0 spiro atoms. The van der Waals surface area contributed by atoms with E-state index >= 15 is 0 Å². The number of hydrogen-bond donors (Lipinski definition) is 1. The highest BCUT2D eigenvalue weighted by atomic mass is 79.9. The summed E-state index contributed by atoms with van der Waals surface area (Å²) in [6.45, 7) is 0. The van der Waals surface area contributed by atoms with Gasteiger partial charge in [0.2, 0.25) is 0 Å². The molecular formula is C15H15BrClNOS. The van der Waals surface area contributed by atoms with Gasteiger partial charge in [-0.15, -0.1) is 11.8 Å². The van der Waals surface area contributed by atoms with E-state index in [-0.39, 0.29) is 6.04 Å². The first-order valence-electron chi connectivity index (χ1n) is 6.07. The number of methoxy groups -OCH3 is 1. The Kier molecular flexibility index (Phi) is 5.78. The minimum Gasteiger partial charge on any atom is -0.495 e. The largest absolute Gasteiger partial charge is 0.495 e. The second-order valence-corrected chi connectivity index (χ2v) is 6.68. The lowest BCUT2D eigenvalue weighted by Gasteiger charge is -2.13. The number of halogens is 2. The van der Waals surface area contributed by atoms with E-state index in [4.69, 9.17) is 22.1 Å². The van der Waals surface area contributed by atoms with Gasteiger partial charge in [0.05, 0.1) is 12.1 Å². The van der Waals surface area contributed by atoms with Crippen LogP contribution in [-0.4, -0.2) is 12.9 Å². The topological polar surface area (TPSA) is 35.2 Å². The molecule has 0 saturated carbocycles. The molecule has 0 bridgehead atoms. The quantitative estimate of drug-likeness (QED) is 0.758. The van der Waals surface area contributed by atoms with Gasteiger partial charge in [0, 0.05) is 21.2 Å². The van der Waals surface area contributed by atoms with E-state index < -0.39 is 0 Å². The highest BCUT2D eigenvalue weighted by Crippen LogP contribution is 2.30. The van der Waals surface area contributed by atoms with Crippen LogP contribution in [0.25, 0.3) is 0 Å². The lowest BCUT2D eigenvalue weighted by molar-refractivity contribution is 0.414. The van der Waals surface area contributed by atoms with Crippen LogP contribution in [0, 0.1) is 0 Å². The Labute approximate surface area is 136 Å². The molecule has 2 nitrogen and oxygen atoms in total. The maximum absolute atomic E-state index is 6.22. The Balaban J connectivity index is 2.01. The van der Waals surface area contributed by atoms with Crippen molar-refractivity contribution in [1.29, 1.82) is 0 Å². The molecule has 2 N–H and O–H groups in total. The fourth-order valence-electron chi connectivity index (χ4n) is 1.72. The average molecular weight is 373 g/mol. The fraction of sp³-hybridized carbons (Fsp3) is 0.200. The van der Waals surface area contributed by atoms with Crippen LogP contribution in [0.4, 0.5) is 0 Å². The molecule has 0 aromatic heterocycles. The zero-order chi connectivity index (χ0) is 14.5. The first-order chi connectivity index (χ1) is 9.60. The molecule has 1 unspecified atom stereocenters. The first kappa shape index (κ1) is 15.7. The number of ether oxygens (including phenoxy) is 1. The molecule has 2 aromatic carbocycles. The van der Waals surface area contributed by atoms with Gasteiger partial charge in [-0.1, -0.05) is 33.6 Å². The minimum absolute atomic E-state index is 0.0604. The van der Waals surface area contributed by atoms with Crippen LogP contribution in [0.1, 0.15) is 11.6 Å². The van der Waals surface area contributed by atoms with Crippen molar-refractivity contribution in [3.63, 3.8) is 0 Å². The predicted molar refractivity (Wildman–Crippen MR) is 89.8 cm³/mol. The van der Waals surface area contributed by atoms with Crippen molar-refractivity contribution in [2.24, 2.45) is 5.73 Å². The molecule has 0 fully saturated rings. The van der Waals surface area contributed by atoms with Crippen molar-refractivity contribution in [3.8, 4) is 5.75 Å². The van der Waals surface area contributed by atoms with E-state index in [9.17, 15) is 0 Å². The van der Waals surface area contributed by atoms with Crippen LogP contribution in [0.15, 0.2) is 51.8 Å². The number of rotatable bonds is 5. The molecule has 2 aromatic rings. The van der Waals surface area contributed by atoms with Gasteiger partial charge >= 0.3 is 0 Å². The van der Waals surface area contributed by atoms with E-state index in [1.807, 2.05) is 30.3 Å². The van der Waals surface area contributed by atoms with E-state index in [1.54, 1.807) is 18.9 Å². The summed E-state index contributed by atoms with van der Waals surface area (Å²) >= 11 is 11.2. The smallest absolute Gasteiger partial charge is 0.137 e. The zero-order valence-corrected chi connectivity index (χ0v) is 14.1. The van der Waals surface area contributed by atoms with Crippen LogP contribution in [0.3, 0.4) is 0 Å². The molecule has 1 atom stereocenters. The first-order valence-corrected chi connectivity index (χ1v) is 8.23. The number of hydrogen-bond acceptors (Lipinski definition) is 3. The summed E-state index contributed by atoms with van der Waals surface area (Å²) in [5.74, 6) is 1.46. The molecule has 20 heavy (non-hydrogen) atoms. The van der Waals surface area contributed by atoms with E-state index in [1.165, 1.54) is 4.90 Å². The molecule has 0 heterocycles. The summed E-state index contributed by atoms with van der Waals surface area (Å²) in [4.78, 5) is 1.20. The maximum atomic E-state index is 6.22. The van der Waals surface area contributed by atoms with E-state index in [0.717, 1.165) is 15.8 Å². The molecule has 0 radical (unpaired) electrons. The molecule has 0 aliphatic heterocycles. The molecule has 0 amide bonds. The second-order valence-electron chi connectivity index (χ2n) is 4.27. The molecule has 0 aliphatic carbocycles. The van der Waals surface area contributed by atoms with Gasteiger partial charge < -0.3 is 10.5 Å². The van der Waals surface area contributed by atoms with Crippen LogP contribution in [-0.2, 0) is 0 Å². The highest BCUT2D eigenvalue weighted by molar-refractivity contribution is 9.10. The van der Waals surface area contributed by atoms with Gasteiger partial charge in [-0.3, -0.25) is 0 Å². The summed E-state index contributed by atoms with van der Waals surface area (Å²) in [6.07, 6.45) is 0. The van der Waals surface area contributed by atoms with Crippen LogP contribution in [0.2, 0.25) is 5.02 Å². The van der Waals surface area contributed by atoms with Crippen molar-refractivity contribution in [2.75, 3.05) is 12.9 Å². The van der Waals surface area contributed by atoms with Crippen molar-refractivity contribution in [2.45, 2.75) is 10.9 Å². The van der Waals surface area contributed by atoms with Crippen molar-refractivity contribution < 1.29 is 4.74 Å². The number of thioether (sulfide) groups is 1. The van der Waals surface area contributed by atoms with Crippen LogP contribution in [0.5, 0.6) is 5.75 Å². The lowest BCUT2D eigenvalue weighted by atomic mass is 10.1. The number of nitrogens with two attached hydrogens (primary N) is 1. The van der Waals surface area contributed by atoms with Gasteiger partial charge in [-0.2, -0.15) is 0 Å². The Bertz CT molecular complexity index is 577. The summed E-state index contributed by atoms with van der Waals surface area (Å²) < 4.78 is 6.29. The van der Waals surface area contributed by atoms with E-state index in [0.29, 0.717) is 10.8 Å². The Morgan fingerprint density at radius 3 is 2.60 bits per heavy atom. The van der Waals surface area contributed by atoms with Crippen LogP contribution < -0.4 is 10.5 Å². The second kappa shape index (κ2) is 7.36. The fourth-order valence-corrected chi connectivity index (χ4v) is 3.07. The minimum atomic E-state index is -0.0604. The van der Waals surface area contributed by atoms with E-state index in [2.05, 4.69) is 28.1 Å². The van der Waals surface area contributed by atoms with Gasteiger partial charge in [-0.25, -0.2) is 0 Å². The standard InChI is InChI=1S/C15H15BrClNOS/c1-19-15-8-10(2-7-13(15)17)14(18)9-20-12-5-3-11(16)4-6-12/h2-8,14H,9,18H2,1H3. The van der Waals surface area contributed by atoms with Crippen LogP contribution >= 0.6 is 39.3 Å². The SMILES string of the molecule is COc1cc(C(N)CSc2ccc(Br)cc2)ccc1Cl. The molecule has 0 aliphatic rings. The number of benzene rings is 2. The third-order valence-electron chi connectivity index (χ3n) is 2.85. The zero-order valence-electron chi connectivity index (χ0n) is 11.0. The maximum Gasteiger partial charge on any atom is 0.137 e. The van der Waals surface area contributed by atoms with Gasteiger partial charge in [0.1, 0.15) is 5.75 Å². The lowest BCUT2D eigenvalue weighted by Crippen LogP contribution is -2.13. The molecule has 106 valence electrons. The summed E-state index contributed by atoms with van der Waals surface area (Å²) in [7, 11) is 1.60. The normalized spacial score (nSPS) is 12.2. The predicted octanol–water partition coefficient (Wildman–Crippen LogP) is 4.90. The summed E-state index contributed by atoms with van der Waals surface area (Å²) in [5, 5.41) is 0.601. The average Bonchev–Trinajstić information content (AvgIpc) is 2.47. The van der Waals surface area contributed by atoms with Crippen molar-refractivity contribution >= 4 is 39.3 Å². The molecular weight excluding hydrogens is 358 g/mol. The van der Waals surface area contributed by atoms with Crippen molar-refractivity contribution in [3.05, 3.63) is 57.5 Å². The monoisotopic (exact) mass is 371 g/mol. The third-order valence-corrected chi connectivity index (χ3v) is 4.82. The van der Waals surface area contributed by atoms with Gasteiger partial charge in [-0.05, 0) is 42.0 Å². The highest BCUT2D eigenvalue weighted by Gasteiger charge is 2.10.